The zero-order chi connectivity index (χ0) is 18.4. The van der Waals surface area contributed by atoms with Crippen molar-refractivity contribution in [2.24, 2.45) is 5.41 Å². The van der Waals surface area contributed by atoms with Gasteiger partial charge in [0, 0.05) is 37.3 Å². The third kappa shape index (κ3) is 5.42. The van der Waals surface area contributed by atoms with Crippen molar-refractivity contribution in [2.45, 2.75) is 32.4 Å². The molecule has 0 spiro atoms. The number of likely N-dealkylation sites (tertiary alicyclic amines) is 1. The predicted molar refractivity (Wildman–Crippen MR) is 104 cm³/mol. The van der Waals surface area contributed by atoms with Crippen LogP contribution in [0.3, 0.4) is 0 Å². The molecule has 0 amide bonds. The highest BCUT2D eigenvalue weighted by molar-refractivity contribution is 5.54. The van der Waals surface area contributed by atoms with E-state index in [0.717, 1.165) is 19.6 Å². The van der Waals surface area contributed by atoms with Crippen molar-refractivity contribution in [1.82, 2.24) is 9.80 Å². The number of aliphatic hydroxyl groups is 2. The van der Waals surface area contributed by atoms with Gasteiger partial charge in [-0.05, 0) is 51.7 Å². The molecule has 1 aromatic rings. The quantitative estimate of drug-likeness (QED) is 0.747. The van der Waals surface area contributed by atoms with Crippen LogP contribution in [0.25, 0.3) is 0 Å². The summed E-state index contributed by atoms with van der Waals surface area (Å²) in [6, 6.07) is 9.18. The number of hydrogen-bond donors (Lipinski definition) is 2. The number of para-hydroxylation sites is 1. The summed E-state index contributed by atoms with van der Waals surface area (Å²) in [6.45, 7) is 5.68. The van der Waals surface area contributed by atoms with E-state index in [1.54, 1.807) is 0 Å². The Morgan fingerprint density at radius 2 is 1.72 bits per heavy atom. The van der Waals surface area contributed by atoms with Crippen LogP contribution in [0.5, 0.6) is 0 Å². The molecule has 0 bridgehead atoms. The summed E-state index contributed by atoms with van der Waals surface area (Å²) in [5.41, 5.74) is 2.12. The summed E-state index contributed by atoms with van der Waals surface area (Å²) in [6.07, 6.45) is 2.40. The zero-order valence-electron chi connectivity index (χ0n) is 16.3. The Kier molecular flexibility index (Phi) is 7.25. The monoisotopic (exact) mass is 349 g/mol. The van der Waals surface area contributed by atoms with Crippen LogP contribution in [0.15, 0.2) is 24.3 Å². The normalized spacial score (nSPS) is 17.2. The average Bonchev–Trinajstić information content (AvgIpc) is 2.62. The number of benzene rings is 1. The van der Waals surface area contributed by atoms with E-state index in [-0.39, 0.29) is 13.2 Å². The van der Waals surface area contributed by atoms with Gasteiger partial charge in [0.1, 0.15) is 0 Å². The molecule has 1 aliphatic rings. The van der Waals surface area contributed by atoms with Crippen molar-refractivity contribution in [3.05, 3.63) is 29.8 Å². The predicted octanol–water partition coefficient (Wildman–Crippen LogP) is 1.64. The molecule has 1 aromatic carbocycles. The molecule has 1 saturated heterocycles. The lowest BCUT2D eigenvalue weighted by atomic mass is 9.92. The Morgan fingerprint density at radius 1 is 1.12 bits per heavy atom. The minimum absolute atomic E-state index is 0.00895. The first-order valence-corrected chi connectivity index (χ1v) is 9.28. The molecule has 0 aromatic heterocycles. The van der Waals surface area contributed by atoms with E-state index in [4.69, 9.17) is 0 Å². The molecule has 2 rings (SSSR count). The lowest BCUT2D eigenvalue weighted by molar-refractivity contribution is 0.0402. The van der Waals surface area contributed by atoms with E-state index in [0.29, 0.717) is 12.6 Å². The van der Waals surface area contributed by atoms with Crippen molar-refractivity contribution in [3.8, 4) is 0 Å². The first kappa shape index (κ1) is 20.2. The number of piperidine rings is 1. The third-order valence-corrected chi connectivity index (χ3v) is 5.46. The molecular formula is C20H35N3O2. The van der Waals surface area contributed by atoms with Gasteiger partial charge in [-0.25, -0.2) is 0 Å². The minimum atomic E-state index is -0.469. The van der Waals surface area contributed by atoms with Gasteiger partial charge in [-0.2, -0.15) is 0 Å². The minimum Gasteiger partial charge on any atom is -0.396 e. The molecule has 5 heteroatoms. The maximum atomic E-state index is 9.54. The Hall–Kier alpha value is -1.14. The number of rotatable bonds is 8. The summed E-state index contributed by atoms with van der Waals surface area (Å²) in [5, 5.41) is 19.1. The van der Waals surface area contributed by atoms with E-state index in [2.05, 4.69) is 60.1 Å². The molecule has 1 fully saturated rings. The molecule has 5 nitrogen and oxygen atoms in total. The average molecular weight is 350 g/mol. The van der Waals surface area contributed by atoms with E-state index >= 15 is 0 Å². The van der Waals surface area contributed by atoms with Gasteiger partial charge in [-0.3, -0.25) is 0 Å². The van der Waals surface area contributed by atoms with Gasteiger partial charge in [0.2, 0.25) is 0 Å². The first-order chi connectivity index (χ1) is 11.9. The van der Waals surface area contributed by atoms with Gasteiger partial charge in [0.05, 0.1) is 13.2 Å². The van der Waals surface area contributed by atoms with Crippen LogP contribution in [0.1, 0.15) is 25.3 Å². The van der Waals surface area contributed by atoms with E-state index in [1.165, 1.54) is 24.1 Å². The third-order valence-electron chi connectivity index (χ3n) is 5.46. The molecule has 0 aliphatic carbocycles. The zero-order valence-corrected chi connectivity index (χ0v) is 16.3. The van der Waals surface area contributed by atoms with Crippen molar-refractivity contribution < 1.29 is 10.2 Å². The lowest BCUT2D eigenvalue weighted by Crippen LogP contribution is -2.42. The van der Waals surface area contributed by atoms with Gasteiger partial charge in [0.25, 0.3) is 0 Å². The summed E-state index contributed by atoms with van der Waals surface area (Å²) in [4.78, 5) is 7.02. The van der Waals surface area contributed by atoms with Crippen LogP contribution >= 0.6 is 0 Å². The number of aliphatic hydroxyl groups excluding tert-OH is 2. The van der Waals surface area contributed by atoms with Gasteiger partial charge >= 0.3 is 0 Å². The fraction of sp³-hybridized carbons (Fsp3) is 0.700. The maximum absolute atomic E-state index is 9.54. The van der Waals surface area contributed by atoms with E-state index in [1.807, 2.05) is 6.92 Å². The van der Waals surface area contributed by atoms with Crippen LogP contribution in [0, 0.1) is 5.41 Å². The summed E-state index contributed by atoms with van der Waals surface area (Å²) in [7, 11) is 6.45. The van der Waals surface area contributed by atoms with Crippen LogP contribution in [0.4, 0.5) is 5.69 Å². The molecule has 1 heterocycles. The highest BCUT2D eigenvalue weighted by atomic mass is 16.3. The molecule has 142 valence electrons. The van der Waals surface area contributed by atoms with Crippen LogP contribution < -0.4 is 4.90 Å². The van der Waals surface area contributed by atoms with Crippen molar-refractivity contribution in [3.63, 3.8) is 0 Å². The Morgan fingerprint density at radius 3 is 2.32 bits per heavy atom. The second kappa shape index (κ2) is 8.99. The second-order valence-electron chi connectivity index (χ2n) is 8.07. The van der Waals surface area contributed by atoms with Crippen molar-refractivity contribution in [2.75, 3.05) is 58.9 Å². The summed E-state index contributed by atoms with van der Waals surface area (Å²) < 4.78 is 0. The van der Waals surface area contributed by atoms with Gasteiger partial charge in [0.15, 0.2) is 0 Å². The summed E-state index contributed by atoms with van der Waals surface area (Å²) in [5.74, 6) is 0. The highest BCUT2D eigenvalue weighted by Crippen LogP contribution is 2.27. The van der Waals surface area contributed by atoms with Crippen molar-refractivity contribution >= 4 is 5.69 Å². The van der Waals surface area contributed by atoms with Gasteiger partial charge in [-0.1, -0.05) is 25.1 Å². The largest absolute Gasteiger partial charge is 0.396 e. The van der Waals surface area contributed by atoms with Crippen LogP contribution in [-0.2, 0) is 6.54 Å². The highest BCUT2D eigenvalue weighted by Gasteiger charge is 2.26. The fourth-order valence-corrected chi connectivity index (χ4v) is 3.72. The standard InChI is InChI=1S/C20H35N3O2/c1-20(15-24,16-25)14-22(3)13-17-7-5-6-8-19(17)23(4)18-9-11-21(2)12-10-18/h5-8,18,24-25H,9-16H2,1-4H3. The van der Waals surface area contributed by atoms with Gasteiger partial charge < -0.3 is 24.9 Å². The van der Waals surface area contributed by atoms with E-state index < -0.39 is 5.41 Å². The Balaban J connectivity index is 2.07. The molecule has 0 atom stereocenters. The molecular weight excluding hydrogens is 314 g/mol. The fourth-order valence-electron chi connectivity index (χ4n) is 3.72. The molecule has 0 unspecified atom stereocenters. The molecule has 25 heavy (non-hydrogen) atoms. The lowest BCUT2D eigenvalue weighted by Gasteiger charge is -2.38. The first-order valence-electron chi connectivity index (χ1n) is 9.28. The topological polar surface area (TPSA) is 50.2 Å². The SMILES string of the molecule is CN1CCC(N(C)c2ccccc2CN(C)CC(C)(CO)CO)CC1. The number of hydrogen-bond acceptors (Lipinski definition) is 5. The smallest absolute Gasteiger partial charge is 0.0519 e. The number of anilines is 1. The Labute approximate surface area is 152 Å². The van der Waals surface area contributed by atoms with Crippen LogP contribution in [-0.4, -0.2) is 80.0 Å². The molecule has 1 aliphatic heterocycles. The molecule has 2 N–H and O–H groups in total. The second-order valence-corrected chi connectivity index (χ2v) is 8.07. The molecule has 0 radical (unpaired) electrons. The van der Waals surface area contributed by atoms with E-state index in [9.17, 15) is 10.2 Å². The maximum Gasteiger partial charge on any atom is 0.0519 e. The Bertz CT molecular complexity index is 525. The van der Waals surface area contributed by atoms with Crippen molar-refractivity contribution in [1.29, 1.82) is 0 Å². The van der Waals surface area contributed by atoms with Gasteiger partial charge in [-0.15, -0.1) is 0 Å². The van der Waals surface area contributed by atoms with Crippen LogP contribution in [0.2, 0.25) is 0 Å². The summed E-state index contributed by atoms with van der Waals surface area (Å²) >= 11 is 0. The number of nitrogens with zero attached hydrogens (tertiary/aromatic N) is 3. The molecule has 0 saturated carbocycles.